The number of sulfonamides is 1. The van der Waals surface area contributed by atoms with Gasteiger partial charge < -0.3 is 5.11 Å². The van der Waals surface area contributed by atoms with E-state index in [0.29, 0.717) is 10.0 Å². The molecule has 0 amide bonds. The van der Waals surface area contributed by atoms with Gasteiger partial charge in [-0.3, -0.25) is 0 Å². The van der Waals surface area contributed by atoms with Crippen LogP contribution in [0.2, 0.25) is 10.0 Å². The fourth-order valence-electron chi connectivity index (χ4n) is 2.64. The van der Waals surface area contributed by atoms with Gasteiger partial charge in [-0.2, -0.15) is 0 Å². The van der Waals surface area contributed by atoms with E-state index in [1.54, 1.807) is 54.6 Å². The smallest absolute Gasteiger partial charge is 0.240 e. The average molecular weight is 422 g/mol. The molecule has 0 atom stereocenters. The molecule has 140 valence electrons. The van der Waals surface area contributed by atoms with Crippen LogP contribution < -0.4 is 4.72 Å². The molecular weight excluding hydrogens is 405 g/mol. The van der Waals surface area contributed by atoms with Crippen molar-refractivity contribution < 1.29 is 13.5 Å². The molecule has 0 saturated carbocycles. The quantitative estimate of drug-likeness (QED) is 0.609. The van der Waals surface area contributed by atoms with Gasteiger partial charge >= 0.3 is 0 Å². The molecule has 0 heterocycles. The number of rotatable bonds is 6. The van der Waals surface area contributed by atoms with Crippen LogP contribution in [0.15, 0.2) is 71.6 Å². The number of hydrogen-bond donors (Lipinski definition) is 2. The Hall–Kier alpha value is -1.89. The van der Waals surface area contributed by atoms with E-state index in [2.05, 4.69) is 4.72 Å². The van der Waals surface area contributed by atoms with Crippen LogP contribution in [0.4, 0.5) is 0 Å². The van der Waals surface area contributed by atoms with E-state index in [1.165, 1.54) is 12.1 Å². The van der Waals surface area contributed by atoms with Gasteiger partial charge in [0.2, 0.25) is 10.0 Å². The minimum absolute atomic E-state index is 0.0880. The number of aliphatic hydroxyl groups is 1. The van der Waals surface area contributed by atoms with Gasteiger partial charge in [-0.1, -0.05) is 65.7 Å². The number of halogens is 2. The van der Waals surface area contributed by atoms with E-state index in [1.807, 2.05) is 0 Å². The molecule has 3 rings (SSSR count). The molecule has 2 N–H and O–H groups in total. The van der Waals surface area contributed by atoms with Crippen molar-refractivity contribution in [1.29, 1.82) is 0 Å². The summed E-state index contributed by atoms with van der Waals surface area (Å²) in [6, 6.07) is 18.8. The van der Waals surface area contributed by atoms with Crippen molar-refractivity contribution in [1.82, 2.24) is 4.72 Å². The molecule has 0 unspecified atom stereocenters. The minimum Gasteiger partial charge on any atom is -0.392 e. The van der Waals surface area contributed by atoms with Crippen LogP contribution in [0.3, 0.4) is 0 Å². The molecule has 0 aliphatic carbocycles. The van der Waals surface area contributed by atoms with Crippen LogP contribution in [0, 0.1) is 0 Å². The molecule has 0 fully saturated rings. The average Bonchev–Trinajstić information content (AvgIpc) is 2.67. The third-order valence-electron chi connectivity index (χ3n) is 4.05. The van der Waals surface area contributed by atoms with E-state index >= 15 is 0 Å². The van der Waals surface area contributed by atoms with E-state index in [4.69, 9.17) is 28.3 Å². The zero-order valence-electron chi connectivity index (χ0n) is 14.2. The Morgan fingerprint density at radius 3 is 2.26 bits per heavy atom. The molecule has 0 aromatic heterocycles. The maximum Gasteiger partial charge on any atom is 0.240 e. The maximum absolute atomic E-state index is 12.5. The molecule has 3 aromatic carbocycles. The zero-order chi connectivity index (χ0) is 19.4. The summed E-state index contributed by atoms with van der Waals surface area (Å²) in [7, 11) is -3.66. The van der Waals surface area contributed by atoms with Crippen LogP contribution in [0.1, 0.15) is 11.1 Å². The Labute approximate surface area is 168 Å². The van der Waals surface area contributed by atoms with Gasteiger partial charge in [0.1, 0.15) is 0 Å². The van der Waals surface area contributed by atoms with Crippen LogP contribution in [0.25, 0.3) is 11.1 Å². The van der Waals surface area contributed by atoms with Gasteiger partial charge in [-0.25, -0.2) is 13.1 Å². The Morgan fingerprint density at radius 2 is 1.59 bits per heavy atom. The summed E-state index contributed by atoms with van der Waals surface area (Å²) in [5, 5.41) is 10.2. The van der Waals surface area contributed by atoms with Crippen molar-refractivity contribution in [3.63, 3.8) is 0 Å². The van der Waals surface area contributed by atoms with Crippen LogP contribution >= 0.6 is 23.2 Å². The summed E-state index contributed by atoms with van der Waals surface area (Å²) < 4.78 is 27.6. The first kappa shape index (κ1) is 19.9. The minimum atomic E-state index is -3.66. The van der Waals surface area contributed by atoms with Gasteiger partial charge in [0.25, 0.3) is 0 Å². The fraction of sp³-hybridized carbons (Fsp3) is 0.100. The topological polar surface area (TPSA) is 66.4 Å². The first-order valence-electron chi connectivity index (χ1n) is 8.13. The number of benzene rings is 3. The number of nitrogens with one attached hydrogen (secondary N) is 1. The monoisotopic (exact) mass is 421 g/mol. The molecule has 4 nitrogen and oxygen atoms in total. The van der Waals surface area contributed by atoms with Crippen molar-refractivity contribution in [3.05, 3.63) is 87.9 Å². The highest BCUT2D eigenvalue weighted by atomic mass is 35.5. The lowest BCUT2D eigenvalue weighted by Crippen LogP contribution is -2.23. The third kappa shape index (κ3) is 4.89. The van der Waals surface area contributed by atoms with Crippen LogP contribution in [-0.4, -0.2) is 13.5 Å². The second-order valence-electron chi connectivity index (χ2n) is 5.95. The first-order valence-corrected chi connectivity index (χ1v) is 10.4. The lowest BCUT2D eigenvalue weighted by molar-refractivity contribution is 0.281. The van der Waals surface area contributed by atoms with E-state index in [9.17, 15) is 8.42 Å². The van der Waals surface area contributed by atoms with Crippen molar-refractivity contribution in [3.8, 4) is 11.1 Å². The van der Waals surface area contributed by atoms with Crippen molar-refractivity contribution in [2.45, 2.75) is 18.0 Å². The molecule has 3 aromatic rings. The predicted octanol–water partition coefficient (Wildman–Crippen LogP) is 4.63. The molecule has 27 heavy (non-hydrogen) atoms. The van der Waals surface area contributed by atoms with Crippen molar-refractivity contribution in [2.75, 3.05) is 0 Å². The van der Waals surface area contributed by atoms with Crippen LogP contribution in [0.5, 0.6) is 0 Å². The lowest BCUT2D eigenvalue weighted by atomic mass is 10.1. The number of hydrogen-bond acceptors (Lipinski definition) is 3. The molecule has 0 spiro atoms. The van der Waals surface area contributed by atoms with Gasteiger partial charge in [0.15, 0.2) is 0 Å². The maximum atomic E-state index is 12.5. The van der Waals surface area contributed by atoms with Crippen molar-refractivity contribution in [2.24, 2.45) is 0 Å². The highest BCUT2D eigenvalue weighted by Crippen LogP contribution is 2.30. The highest BCUT2D eigenvalue weighted by molar-refractivity contribution is 7.89. The van der Waals surface area contributed by atoms with Gasteiger partial charge in [0.05, 0.1) is 11.5 Å². The molecule has 7 heteroatoms. The summed E-state index contributed by atoms with van der Waals surface area (Å²) in [6.45, 7) is 0.0518. The Kier molecular flexibility index (Phi) is 6.19. The Bertz CT molecular complexity index is 1050. The zero-order valence-corrected chi connectivity index (χ0v) is 16.5. The molecule has 0 radical (unpaired) electrons. The summed E-state index contributed by atoms with van der Waals surface area (Å²) in [4.78, 5) is 0.162. The summed E-state index contributed by atoms with van der Waals surface area (Å²) >= 11 is 12.1. The summed E-state index contributed by atoms with van der Waals surface area (Å²) in [6.07, 6.45) is 0. The van der Waals surface area contributed by atoms with E-state index < -0.39 is 10.0 Å². The molecule has 0 aliphatic rings. The molecule has 0 aliphatic heterocycles. The Morgan fingerprint density at radius 1 is 0.889 bits per heavy atom. The van der Waals surface area contributed by atoms with Gasteiger partial charge in [-0.15, -0.1) is 0 Å². The number of aliphatic hydroxyl groups excluding tert-OH is 1. The first-order chi connectivity index (χ1) is 12.9. The lowest BCUT2D eigenvalue weighted by Gasteiger charge is -2.09. The summed E-state index contributed by atoms with van der Waals surface area (Å²) in [5.74, 6) is 0. The molecular formula is C20H17Cl2NO3S. The van der Waals surface area contributed by atoms with Crippen LogP contribution in [-0.2, 0) is 23.2 Å². The second-order valence-corrected chi connectivity index (χ2v) is 8.56. The SMILES string of the molecule is O=S(=O)(NCc1cccc(CO)c1)c1ccc(-c2ccc(Cl)cc2Cl)cc1. The predicted molar refractivity (Wildman–Crippen MR) is 108 cm³/mol. The van der Waals surface area contributed by atoms with Gasteiger partial charge in [0, 0.05) is 22.2 Å². The largest absolute Gasteiger partial charge is 0.392 e. The van der Waals surface area contributed by atoms with Gasteiger partial charge in [-0.05, 0) is 41.0 Å². The third-order valence-corrected chi connectivity index (χ3v) is 6.01. The normalized spacial score (nSPS) is 11.5. The molecule has 0 bridgehead atoms. The van der Waals surface area contributed by atoms with Crippen molar-refractivity contribution >= 4 is 33.2 Å². The van der Waals surface area contributed by atoms with E-state index in [-0.39, 0.29) is 18.0 Å². The molecule has 0 saturated heterocycles. The fourth-order valence-corrected chi connectivity index (χ4v) is 4.17. The Balaban J connectivity index is 1.76. The van der Waals surface area contributed by atoms with E-state index in [0.717, 1.165) is 22.3 Å². The second kappa shape index (κ2) is 8.42. The summed E-state index contributed by atoms with van der Waals surface area (Å²) in [5.41, 5.74) is 3.08. The standard InChI is InChI=1S/C20H17Cl2NO3S/c21-17-6-9-19(20(22)11-17)16-4-7-18(8-5-16)27(25,26)23-12-14-2-1-3-15(10-14)13-24/h1-11,23-24H,12-13H2. The highest BCUT2D eigenvalue weighted by Gasteiger charge is 2.14.